The summed E-state index contributed by atoms with van der Waals surface area (Å²) in [4.78, 5) is 26.9. The topological polar surface area (TPSA) is 89.3 Å². The average molecular weight is 309 g/mol. The number of nitriles is 1. The quantitative estimate of drug-likeness (QED) is 0.359. The van der Waals surface area contributed by atoms with Crippen LogP contribution in [0.4, 0.5) is 0 Å². The van der Waals surface area contributed by atoms with Gasteiger partial charge in [0.2, 0.25) is 0 Å². The summed E-state index contributed by atoms with van der Waals surface area (Å²) in [5, 5.41) is 8.92. The van der Waals surface area contributed by atoms with Crippen LogP contribution < -0.4 is 0 Å². The molecule has 6 nitrogen and oxygen atoms in total. The number of carbonyl (C=O) groups excluding carboxylic acids is 2. The third kappa shape index (κ3) is 4.58. The summed E-state index contributed by atoms with van der Waals surface area (Å²) in [6.45, 7) is 3.69. The Hall–Kier alpha value is -2.39. The zero-order valence-electron chi connectivity index (χ0n) is 11.6. The highest BCUT2D eigenvalue weighted by Crippen LogP contribution is 2.18. The Morgan fingerprint density at radius 2 is 2.00 bits per heavy atom. The van der Waals surface area contributed by atoms with E-state index in [1.54, 1.807) is 19.9 Å². The van der Waals surface area contributed by atoms with Crippen molar-refractivity contribution in [3.8, 4) is 6.07 Å². The highest BCUT2D eigenvalue weighted by Gasteiger charge is 2.14. The highest BCUT2D eigenvalue weighted by atomic mass is 35.5. The van der Waals surface area contributed by atoms with Gasteiger partial charge in [-0.05, 0) is 32.1 Å². The van der Waals surface area contributed by atoms with Gasteiger partial charge in [-0.25, -0.2) is 14.6 Å². The van der Waals surface area contributed by atoms with E-state index in [1.807, 2.05) is 0 Å². The molecule has 0 N–H and O–H groups in total. The lowest BCUT2D eigenvalue weighted by molar-refractivity contribution is -0.137. The van der Waals surface area contributed by atoms with E-state index in [-0.39, 0.29) is 29.6 Å². The number of hydrogen-bond donors (Lipinski definition) is 0. The lowest BCUT2D eigenvalue weighted by Crippen LogP contribution is -2.08. The molecule has 1 rings (SSSR count). The molecule has 0 aliphatic carbocycles. The molecule has 1 aromatic heterocycles. The number of aromatic nitrogens is 1. The molecule has 0 amide bonds. The van der Waals surface area contributed by atoms with Crippen LogP contribution in [0.15, 0.2) is 17.7 Å². The number of esters is 2. The van der Waals surface area contributed by atoms with Crippen molar-refractivity contribution in [2.45, 2.75) is 13.8 Å². The maximum Gasteiger partial charge on any atom is 0.356 e. The number of nitrogens with zero attached hydrogens (tertiary/aromatic N) is 2. The molecule has 0 aromatic carbocycles. The summed E-state index contributed by atoms with van der Waals surface area (Å²) in [7, 11) is 0. The minimum absolute atomic E-state index is 0.0161. The molecule has 0 unspecified atom stereocenters. The van der Waals surface area contributed by atoms with E-state index in [1.165, 1.54) is 18.2 Å². The first-order chi connectivity index (χ1) is 10.0. The van der Waals surface area contributed by atoms with Gasteiger partial charge in [-0.1, -0.05) is 11.6 Å². The summed E-state index contributed by atoms with van der Waals surface area (Å²) in [6.07, 6.45) is 1.25. The zero-order chi connectivity index (χ0) is 15.8. The van der Waals surface area contributed by atoms with Crippen LogP contribution in [0.5, 0.6) is 0 Å². The van der Waals surface area contributed by atoms with Crippen LogP contribution in [0.3, 0.4) is 0 Å². The minimum Gasteiger partial charge on any atom is -0.462 e. The molecule has 1 aromatic rings. The summed E-state index contributed by atoms with van der Waals surface area (Å²) < 4.78 is 9.53. The van der Waals surface area contributed by atoms with Gasteiger partial charge in [-0.3, -0.25) is 0 Å². The van der Waals surface area contributed by atoms with E-state index in [2.05, 4.69) is 4.98 Å². The standard InChI is InChI=1S/C14H13ClN2O4/c1-3-20-13(18)10(8-16)7-9-5-6-11(17-12(9)15)14(19)21-4-2/h5-7H,3-4H2,1-2H3/b10-7-. The Morgan fingerprint density at radius 1 is 1.33 bits per heavy atom. The molecule has 0 bridgehead atoms. The predicted molar refractivity (Wildman–Crippen MR) is 75.4 cm³/mol. The van der Waals surface area contributed by atoms with Crippen LogP contribution in [0.25, 0.3) is 6.08 Å². The smallest absolute Gasteiger partial charge is 0.356 e. The highest BCUT2D eigenvalue weighted by molar-refractivity contribution is 6.31. The Morgan fingerprint density at radius 3 is 2.52 bits per heavy atom. The molecule has 0 aliphatic rings. The van der Waals surface area contributed by atoms with Gasteiger partial charge in [-0.15, -0.1) is 0 Å². The third-order valence-electron chi connectivity index (χ3n) is 2.28. The molecule has 0 radical (unpaired) electrons. The van der Waals surface area contributed by atoms with Crippen molar-refractivity contribution in [3.05, 3.63) is 34.1 Å². The summed E-state index contributed by atoms with van der Waals surface area (Å²) in [6, 6.07) is 4.60. The second kappa shape index (κ2) is 8.02. The Balaban J connectivity index is 3.07. The van der Waals surface area contributed by atoms with Crippen molar-refractivity contribution < 1.29 is 19.1 Å². The normalized spacial score (nSPS) is 10.7. The Bertz CT molecular complexity index is 620. The maximum absolute atomic E-state index is 11.5. The fourth-order valence-corrected chi connectivity index (χ4v) is 1.58. The van der Waals surface area contributed by atoms with Crippen LogP contribution in [-0.2, 0) is 14.3 Å². The molecule has 1 heterocycles. The first-order valence-electron chi connectivity index (χ1n) is 6.16. The van der Waals surface area contributed by atoms with E-state index >= 15 is 0 Å². The lowest BCUT2D eigenvalue weighted by Gasteiger charge is -2.04. The van der Waals surface area contributed by atoms with Crippen LogP contribution >= 0.6 is 11.6 Å². The van der Waals surface area contributed by atoms with Crippen LogP contribution in [-0.4, -0.2) is 30.1 Å². The second-order valence-corrected chi connectivity index (χ2v) is 4.05. The van der Waals surface area contributed by atoms with Crippen molar-refractivity contribution in [1.82, 2.24) is 4.98 Å². The molecule has 110 valence electrons. The van der Waals surface area contributed by atoms with Gasteiger partial charge < -0.3 is 9.47 Å². The Labute approximate surface area is 126 Å². The third-order valence-corrected chi connectivity index (χ3v) is 2.58. The molecule has 7 heteroatoms. The van der Waals surface area contributed by atoms with Crippen molar-refractivity contribution >= 4 is 29.6 Å². The fourth-order valence-electron chi connectivity index (χ4n) is 1.37. The summed E-state index contributed by atoms with van der Waals surface area (Å²) in [5.41, 5.74) is 0.174. The summed E-state index contributed by atoms with van der Waals surface area (Å²) >= 11 is 5.93. The first-order valence-corrected chi connectivity index (χ1v) is 6.53. The molecule has 0 spiro atoms. The first kappa shape index (κ1) is 16.7. The minimum atomic E-state index is -0.745. The maximum atomic E-state index is 11.5. The monoisotopic (exact) mass is 308 g/mol. The number of ether oxygens (including phenoxy) is 2. The van der Waals surface area contributed by atoms with E-state index in [0.29, 0.717) is 5.56 Å². The van der Waals surface area contributed by atoms with Gasteiger partial charge in [0.05, 0.1) is 13.2 Å². The van der Waals surface area contributed by atoms with E-state index in [9.17, 15) is 9.59 Å². The zero-order valence-corrected chi connectivity index (χ0v) is 12.3. The number of carbonyl (C=O) groups is 2. The predicted octanol–water partition coefficient (Wildman–Crippen LogP) is 2.38. The molecular weight excluding hydrogens is 296 g/mol. The van der Waals surface area contributed by atoms with E-state index in [4.69, 9.17) is 26.3 Å². The van der Waals surface area contributed by atoms with E-state index < -0.39 is 11.9 Å². The fraction of sp³-hybridized carbons (Fsp3) is 0.286. The molecule has 0 atom stereocenters. The van der Waals surface area contributed by atoms with Crippen molar-refractivity contribution in [3.63, 3.8) is 0 Å². The van der Waals surface area contributed by atoms with Crippen LogP contribution in [0.2, 0.25) is 5.15 Å². The molecule has 0 saturated carbocycles. The van der Waals surface area contributed by atoms with Gasteiger partial charge >= 0.3 is 11.9 Å². The van der Waals surface area contributed by atoms with Crippen molar-refractivity contribution in [2.24, 2.45) is 0 Å². The lowest BCUT2D eigenvalue weighted by atomic mass is 10.1. The molecule has 21 heavy (non-hydrogen) atoms. The summed E-state index contributed by atoms with van der Waals surface area (Å²) in [5.74, 6) is -1.34. The Kier molecular flexibility index (Phi) is 6.37. The molecule has 0 fully saturated rings. The molecular formula is C14H13ClN2O4. The van der Waals surface area contributed by atoms with Gasteiger partial charge in [0.1, 0.15) is 22.5 Å². The second-order valence-electron chi connectivity index (χ2n) is 3.69. The molecule has 0 aliphatic heterocycles. The largest absolute Gasteiger partial charge is 0.462 e. The average Bonchev–Trinajstić information content (AvgIpc) is 2.46. The number of pyridine rings is 1. The van der Waals surface area contributed by atoms with Gasteiger partial charge in [0.25, 0.3) is 0 Å². The van der Waals surface area contributed by atoms with Crippen LogP contribution in [0.1, 0.15) is 29.9 Å². The van der Waals surface area contributed by atoms with Gasteiger partial charge in [0, 0.05) is 5.56 Å². The van der Waals surface area contributed by atoms with Gasteiger partial charge in [0.15, 0.2) is 0 Å². The van der Waals surface area contributed by atoms with Crippen molar-refractivity contribution in [1.29, 1.82) is 5.26 Å². The SMILES string of the molecule is CCOC(=O)/C(C#N)=C\c1ccc(C(=O)OCC)nc1Cl. The van der Waals surface area contributed by atoms with Crippen LogP contribution in [0, 0.1) is 11.3 Å². The van der Waals surface area contributed by atoms with E-state index in [0.717, 1.165) is 0 Å². The number of rotatable bonds is 5. The number of halogens is 1. The van der Waals surface area contributed by atoms with Crippen molar-refractivity contribution in [2.75, 3.05) is 13.2 Å². The molecule has 0 saturated heterocycles. The van der Waals surface area contributed by atoms with Gasteiger partial charge in [-0.2, -0.15) is 5.26 Å². The number of hydrogen-bond acceptors (Lipinski definition) is 6.